The van der Waals surface area contributed by atoms with E-state index in [4.69, 9.17) is 0 Å². The summed E-state index contributed by atoms with van der Waals surface area (Å²) in [6.07, 6.45) is 7.61. The van der Waals surface area contributed by atoms with Gasteiger partial charge in [-0.05, 0) is 73.0 Å². The fourth-order valence-electron chi connectivity index (χ4n) is 5.98. The Hall–Kier alpha value is 0. The quantitative estimate of drug-likeness (QED) is 0.645. The number of fused-ring (bicyclic) bond motifs is 1. The smallest absolute Gasteiger partial charge is 0.0331 e. The zero-order valence-corrected chi connectivity index (χ0v) is 12.2. The van der Waals surface area contributed by atoms with Crippen LogP contribution in [-0.2, 0) is 0 Å². The lowest BCUT2D eigenvalue weighted by Gasteiger charge is -2.51. The van der Waals surface area contributed by atoms with Crippen molar-refractivity contribution in [2.45, 2.75) is 59.8 Å². The maximum Gasteiger partial charge on any atom is -0.0331 e. The van der Waals surface area contributed by atoms with Gasteiger partial charge in [0.1, 0.15) is 0 Å². The van der Waals surface area contributed by atoms with Crippen molar-refractivity contribution in [1.29, 1.82) is 0 Å². The molecule has 0 saturated heterocycles. The molecule has 3 fully saturated rings. The van der Waals surface area contributed by atoms with Crippen LogP contribution in [-0.4, -0.2) is 0 Å². The SMILES string of the molecule is CCC1CC(C)C1C(C)C1CCC2C(C)CC21. The van der Waals surface area contributed by atoms with E-state index in [9.17, 15) is 0 Å². The summed E-state index contributed by atoms with van der Waals surface area (Å²) in [7, 11) is 0. The van der Waals surface area contributed by atoms with Crippen LogP contribution < -0.4 is 0 Å². The second-order valence-electron chi connectivity index (χ2n) is 7.60. The molecule has 98 valence electrons. The number of hydrogen-bond acceptors (Lipinski definition) is 0. The summed E-state index contributed by atoms with van der Waals surface area (Å²) < 4.78 is 0. The topological polar surface area (TPSA) is 0 Å². The van der Waals surface area contributed by atoms with Crippen molar-refractivity contribution in [2.75, 3.05) is 0 Å². The largest absolute Gasteiger partial charge is 0.0651 e. The van der Waals surface area contributed by atoms with E-state index in [-0.39, 0.29) is 0 Å². The molecule has 0 nitrogen and oxygen atoms in total. The first kappa shape index (κ1) is 12.1. The van der Waals surface area contributed by atoms with Crippen LogP contribution in [0.3, 0.4) is 0 Å². The highest BCUT2D eigenvalue weighted by Crippen LogP contribution is 2.59. The molecule has 3 aliphatic carbocycles. The van der Waals surface area contributed by atoms with E-state index < -0.39 is 0 Å². The van der Waals surface area contributed by atoms with Crippen molar-refractivity contribution in [2.24, 2.45) is 47.3 Å². The summed E-state index contributed by atoms with van der Waals surface area (Å²) in [4.78, 5) is 0. The summed E-state index contributed by atoms with van der Waals surface area (Å²) >= 11 is 0. The van der Waals surface area contributed by atoms with E-state index in [0.717, 1.165) is 47.3 Å². The van der Waals surface area contributed by atoms with E-state index in [2.05, 4.69) is 27.7 Å². The van der Waals surface area contributed by atoms with Gasteiger partial charge in [0.2, 0.25) is 0 Å². The zero-order chi connectivity index (χ0) is 12.2. The van der Waals surface area contributed by atoms with E-state index in [1.54, 1.807) is 19.3 Å². The van der Waals surface area contributed by atoms with Crippen LogP contribution >= 0.6 is 0 Å². The summed E-state index contributed by atoms with van der Waals surface area (Å²) in [5.74, 6) is 8.58. The molecule has 0 heterocycles. The second kappa shape index (κ2) is 4.28. The van der Waals surface area contributed by atoms with Gasteiger partial charge in [-0.2, -0.15) is 0 Å². The normalized spacial score (nSPS) is 54.7. The molecule has 0 aromatic heterocycles. The molecule has 0 aliphatic heterocycles. The van der Waals surface area contributed by atoms with E-state index in [1.807, 2.05) is 0 Å². The molecule has 0 spiro atoms. The Morgan fingerprint density at radius 2 is 1.76 bits per heavy atom. The highest BCUT2D eigenvalue weighted by Gasteiger charge is 2.52. The molecule has 0 radical (unpaired) electrons. The first-order chi connectivity index (χ1) is 8.13. The first-order valence-electron chi connectivity index (χ1n) is 8.13. The fraction of sp³-hybridized carbons (Fsp3) is 1.00. The van der Waals surface area contributed by atoms with Gasteiger partial charge < -0.3 is 0 Å². The van der Waals surface area contributed by atoms with E-state index >= 15 is 0 Å². The first-order valence-corrected chi connectivity index (χ1v) is 8.13. The second-order valence-corrected chi connectivity index (χ2v) is 7.60. The Bertz CT molecular complexity index is 282. The lowest BCUT2D eigenvalue weighted by molar-refractivity contribution is -0.0228. The average molecular weight is 234 g/mol. The Morgan fingerprint density at radius 1 is 1.00 bits per heavy atom. The van der Waals surface area contributed by atoms with Crippen molar-refractivity contribution in [3.05, 3.63) is 0 Å². The van der Waals surface area contributed by atoms with Gasteiger partial charge in [-0.1, -0.05) is 34.1 Å². The average Bonchev–Trinajstić information content (AvgIpc) is 2.62. The third-order valence-electron chi connectivity index (χ3n) is 6.99. The molecule has 0 N–H and O–H groups in total. The minimum atomic E-state index is 1.02. The van der Waals surface area contributed by atoms with Crippen molar-refractivity contribution < 1.29 is 0 Å². The van der Waals surface area contributed by atoms with Gasteiger partial charge in [-0.15, -0.1) is 0 Å². The Labute approximate surface area is 108 Å². The van der Waals surface area contributed by atoms with Gasteiger partial charge in [0.05, 0.1) is 0 Å². The Kier molecular flexibility index (Phi) is 3.04. The van der Waals surface area contributed by atoms with E-state index in [1.165, 1.54) is 12.8 Å². The van der Waals surface area contributed by atoms with E-state index in [0.29, 0.717) is 0 Å². The Balaban J connectivity index is 1.65. The molecule has 3 aliphatic rings. The third kappa shape index (κ3) is 1.70. The van der Waals surface area contributed by atoms with Crippen molar-refractivity contribution in [1.82, 2.24) is 0 Å². The molecule has 0 amide bonds. The zero-order valence-electron chi connectivity index (χ0n) is 12.2. The summed E-state index contributed by atoms with van der Waals surface area (Å²) in [6.45, 7) is 9.98. The summed E-state index contributed by atoms with van der Waals surface area (Å²) in [5.41, 5.74) is 0. The molecule has 0 aromatic carbocycles. The van der Waals surface area contributed by atoms with Gasteiger partial charge in [0.25, 0.3) is 0 Å². The third-order valence-corrected chi connectivity index (χ3v) is 6.99. The molecule has 3 saturated carbocycles. The molecule has 0 heteroatoms. The van der Waals surface area contributed by atoms with Gasteiger partial charge >= 0.3 is 0 Å². The molecule has 0 aromatic rings. The van der Waals surface area contributed by atoms with Crippen LogP contribution in [0.15, 0.2) is 0 Å². The Morgan fingerprint density at radius 3 is 2.29 bits per heavy atom. The lowest BCUT2D eigenvalue weighted by atomic mass is 9.54. The predicted octanol–water partition coefficient (Wildman–Crippen LogP) is 4.99. The van der Waals surface area contributed by atoms with Crippen LogP contribution in [0.4, 0.5) is 0 Å². The molecular weight excluding hydrogens is 204 g/mol. The van der Waals surface area contributed by atoms with Crippen LogP contribution in [0.25, 0.3) is 0 Å². The van der Waals surface area contributed by atoms with Crippen LogP contribution in [0.5, 0.6) is 0 Å². The van der Waals surface area contributed by atoms with Crippen molar-refractivity contribution >= 4 is 0 Å². The van der Waals surface area contributed by atoms with Crippen molar-refractivity contribution in [3.8, 4) is 0 Å². The molecule has 8 atom stereocenters. The van der Waals surface area contributed by atoms with Crippen LogP contribution in [0.2, 0.25) is 0 Å². The van der Waals surface area contributed by atoms with Gasteiger partial charge in [-0.3, -0.25) is 0 Å². The molecular formula is C17H30. The monoisotopic (exact) mass is 234 g/mol. The van der Waals surface area contributed by atoms with Gasteiger partial charge in [0.15, 0.2) is 0 Å². The number of hydrogen-bond donors (Lipinski definition) is 0. The maximum atomic E-state index is 2.60. The molecule has 3 rings (SSSR count). The minimum Gasteiger partial charge on any atom is -0.0651 e. The van der Waals surface area contributed by atoms with Crippen molar-refractivity contribution in [3.63, 3.8) is 0 Å². The van der Waals surface area contributed by atoms with Crippen LogP contribution in [0.1, 0.15) is 59.8 Å². The molecule has 8 unspecified atom stereocenters. The molecule has 0 bridgehead atoms. The number of rotatable bonds is 3. The van der Waals surface area contributed by atoms with Gasteiger partial charge in [-0.25, -0.2) is 0 Å². The standard InChI is InChI=1S/C17H30/c1-5-13-8-11(3)17(13)12(4)15-7-6-14-10(2)9-16(14)15/h10-17H,5-9H2,1-4H3. The minimum absolute atomic E-state index is 1.02. The highest BCUT2D eigenvalue weighted by molar-refractivity contribution is 5.01. The lowest BCUT2D eigenvalue weighted by Crippen LogP contribution is -2.44. The maximum absolute atomic E-state index is 2.60. The summed E-state index contributed by atoms with van der Waals surface area (Å²) in [5, 5.41) is 0. The highest BCUT2D eigenvalue weighted by atomic mass is 14.6. The summed E-state index contributed by atoms with van der Waals surface area (Å²) in [6, 6.07) is 0. The predicted molar refractivity (Wildman–Crippen MR) is 73.7 cm³/mol. The van der Waals surface area contributed by atoms with Crippen LogP contribution in [0, 0.1) is 47.3 Å². The van der Waals surface area contributed by atoms with Gasteiger partial charge in [0, 0.05) is 0 Å². The molecule has 17 heavy (non-hydrogen) atoms. The fourth-order valence-corrected chi connectivity index (χ4v) is 5.98.